The van der Waals surface area contributed by atoms with Gasteiger partial charge in [-0.25, -0.2) is 8.78 Å². The highest BCUT2D eigenvalue weighted by atomic mass is 19.1. The van der Waals surface area contributed by atoms with Crippen molar-refractivity contribution in [2.45, 2.75) is 38.7 Å². The molecular weight excluding hydrogens is 260 g/mol. The Morgan fingerprint density at radius 1 is 1.25 bits per heavy atom. The first-order chi connectivity index (χ1) is 9.38. The summed E-state index contributed by atoms with van der Waals surface area (Å²) in [5.41, 5.74) is -0.489. The zero-order valence-corrected chi connectivity index (χ0v) is 12.1. The van der Waals surface area contributed by atoms with E-state index in [-0.39, 0.29) is 6.42 Å². The van der Waals surface area contributed by atoms with Crippen LogP contribution in [0, 0.1) is 17.6 Å². The number of hydrogen-bond donors (Lipinski definition) is 1. The minimum atomic E-state index is -0.878. The van der Waals surface area contributed by atoms with Crippen molar-refractivity contribution in [2.75, 3.05) is 19.6 Å². The molecule has 4 heteroatoms. The normalized spacial score (nSPS) is 19.5. The number of hydrogen-bond acceptors (Lipinski definition) is 2. The number of likely N-dealkylation sites (tertiary alicyclic amines) is 1. The third-order valence-corrected chi connectivity index (χ3v) is 3.86. The Bertz CT molecular complexity index is 454. The van der Waals surface area contributed by atoms with Crippen LogP contribution < -0.4 is 0 Å². The molecule has 1 N–H and O–H groups in total. The molecule has 2 rings (SSSR count). The van der Waals surface area contributed by atoms with Crippen LogP contribution in [0.2, 0.25) is 0 Å². The third kappa shape index (κ3) is 4.00. The van der Waals surface area contributed by atoms with Gasteiger partial charge in [0.25, 0.3) is 0 Å². The predicted molar refractivity (Wildman–Crippen MR) is 75.3 cm³/mol. The van der Waals surface area contributed by atoms with Crippen LogP contribution in [0.4, 0.5) is 8.78 Å². The van der Waals surface area contributed by atoms with Crippen molar-refractivity contribution in [3.8, 4) is 0 Å². The molecule has 1 aromatic rings. The fraction of sp³-hybridized carbons (Fsp3) is 0.562. The molecule has 0 aromatic heterocycles. The maximum Gasteiger partial charge on any atom is 0.129 e. The van der Waals surface area contributed by atoms with Gasteiger partial charge in [0.1, 0.15) is 11.6 Å². The van der Waals surface area contributed by atoms with Crippen LogP contribution in [0.5, 0.6) is 0 Å². The van der Waals surface area contributed by atoms with E-state index >= 15 is 0 Å². The van der Waals surface area contributed by atoms with E-state index in [4.69, 9.17) is 0 Å². The number of benzene rings is 1. The van der Waals surface area contributed by atoms with Gasteiger partial charge >= 0.3 is 0 Å². The van der Waals surface area contributed by atoms with Gasteiger partial charge in [0, 0.05) is 32.1 Å². The van der Waals surface area contributed by atoms with Gasteiger partial charge in [0.15, 0.2) is 0 Å². The highest BCUT2D eigenvalue weighted by Gasteiger charge is 2.33. The van der Waals surface area contributed by atoms with E-state index in [0.29, 0.717) is 18.4 Å². The standard InChI is InChI=1S/C16H22F2NO/c1-12(2)11-19-7-5-16(20,6-8-19)10-13-3-4-14(17)9-15(13)18/h3-4,9,20H,5-8,10-11H2,1-2H3. The molecule has 2 nitrogen and oxygen atoms in total. The van der Waals surface area contributed by atoms with Crippen molar-refractivity contribution >= 4 is 0 Å². The summed E-state index contributed by atoms with van der Waals surface area (Å²) in [6.45, 7) is 6.75. The highest BCUT2D eigenvalue weighted by Crippen LogP contribution is 2.28. The fourth-order valence-corrected chi connectivity index (χ4v) is 2.77. The molecule has 111 valence electrons. The second-order valence-electron chi connectivity index (χ2n) is 6.12. The molecular formula is C16H22F2NO. The monoisotopic (exact) mass is 282 g/mol. The molecule has 1 aromatic carbocycles. The number of halogens is 2. The summed E-state index contributed by atoms with van der Waals surface area (Å²) in [4.78, 5) is 2.30. The lowest BCUT2D eigenvalue weighted by atomic mass is 9.85. The highest BCUT2D eigenvalue weighted by molar-refractivity contribution is 5.20. The van der Waals surface area contributed by atoms with E-state index in [0.717, 1.165) is 25.7 Å². The summed E-state index contributed by atoms with van der Waals surface area (Å²) in [5, 5.41) is 10.6. The lowest BCUT2D eigenvalue weighted by molar-refractivity contribution is -0.0201. The molecule has 1 fully saturated rings. The average Bonchev–Trinajstić information content (AvgIpc) is 2.36. The Morgan fingerprint density at radius 3 is 2.45 bits per heavy atom. The summed E-state index contributed by atoms with van der Waals surface area (Å²) >= 11 is 0. The lowest BCUT2D eigenvalue weighted by Gasteiger charge is -2.39. The Kier molecular flexibility index (Phi) is 4.76. The van der Waals surface area contributed by atoms with Gasteiger partial charge in [-0.05, 0) is 30.4 Å². The first kappa shape index (κ1) is 15.4. The quantitative estimate of drug-likeness (QED) is 0.918. The number of rotatable bonds is 4. The van der Waals surface area contributed by atoms with Crippen LogP contribution in [0.3, 0.4) is 0 Å². The molecule has 1 radical (unpaired) electrons. The number of aliphatic hydroxyl groups is 1. The van der Waals surface area contributed by atoms with E-state index in [1.54, 1.807) is 0 Å². The van der Waals surface area contributed by atoms with E-state index in [2.05, 4.69) is 18.7 Å². The van der Waals surface area contributed by atoms with Gasteiger partial charge < -0.3 is 10.0 Å². The lowest BCUT2D eigenvalue weighted by Crippen LogP contribution is -2.46. The molecule has 0 aliphatic carbocycles. The van der Waals surface area contributed by atoms with Crippen LogP contribution in [-0.4, -0.2) is 35.2 Å². The third-order valence-electron chi connectivity index (χ3n) is 3.86. The molecule has 0 saturated carbocycles. The van der Waals surface area contributed by atoms with Gasteiger partial charge in [-0.15, -0.1) is 0 Å². The first-order valence-corrected chi connectivity index (χ1v) is 7.06. The molecule has 0 bridgehead atoms. The van der Waals surface area contributed by atoms with Crippen LogP contribution in [0.1, 0.15) is 32.3 Å². The molecule has 20 heavy (non-hydrogen) atoms. The van der Waals surface area contributed by atoms with Gasteiger partial charge in [-0.2, -0.15) is 0 Å². The van der Waals surface area contributed by atoms with Crippen molar-refractivity contribution in [3.63, 3.8) is 0 Å². The predicted octanol–water partition coefficient (Wildman–Crippen LogP) is 2.95. The zero-order chi connectivity index (χ0) is 14.8. The van der Waals surface area contributed by atoms with Gasteiger partial charge in [0.05, 0.1) is 5.60 Å². The molecule has 0 amide bonds. The summed E-state index contributed by atoms with van der Waals surface area (Å²) in [6, 6.07) is 3.55. The van der Waals surface area contributed by atoms with E-state index in [9.17, 15) is 13.9 Å². The van der Waals surface area contributed by atoms with Crippen LogP contribution in [0.25, 0.3) is 0 Å². The second kappa shape index (κ2) is 6.19. The van der Waals surface area contributed by atoms with Gasteiger partial charge in [-0.3, -0.25) is 0 Å². The molecule has 1 heterocycles. The van der Waals surface area contributed by atoms with Gasteiger partial charge in [-0.1, -0.05) is 19.9 Å². The van der Waals surface area contributed by atoms with Crippen molar-refractivity contribution in [2.24, 2.45) is 0 Å². The average molecular weight is 282 g/mol. The Hall–Kier alpha value is -1.00. The maximum atomic E-state index is 13.7. The second-order valence-corrected chi connectivity index (χ2v) is 6.12. The van der Waals surface area contributed by atoms with Crippen molar-refractivity contribution < 1.29 is 13.9 Å². The summed E-state index contributed by atoms with van der Waals surface area (Å²) in [6.07, 6.45) is 1.50. The van der Waals surface area contributed by atoms with Gasteiger partial charge in [0.2, 0.25) is 0 Å². The molecule has 0 spiro atoms. The van der Waals surface area contributed by atoms with Crippen LogP contribution in [0.15, 0.2) is 18.2 Å². The van der Waals surface area contributed by atoms with Crippen molar-refractivity contribution in [1.82, 2.24) is 4.90 Å². The maximum absolute atomic E-state index is 13.7. The largest absolute Gasteiger partial charge is 0.389 e. The molecule has 1 aliphatic rings. The summed E-state index contributed by atoms with van der Waals surface area (Å²) in [7, 11) is 0. The van der Waals surface area contributed by atoms with E-state index in [1.807, 2.05) is 0 Å². The molecule has 0 atom stereocenters. The van der Waals surface area contributed by atoms with Crippen LogP contribution >= 0.6 is 0 Å². The first-order valence-electron chi connectivity index (χ1n) is 7.06. The molecule has 0 unspecified atom stereocenters. The smallest absolute Gasteiger partial charge is 0.129 e. The fourth-order valence-electron chi connectivity index (χ4n) is 2.77. The summed E-state index contributed by atoms with van der Waals surface area (Å²) < 4.78 is 26.5. The Balaban J connectivity index is 1.96. The van der Waals surface area contributed by atoms with E-state index < -0.39 is 17.2 Å². The Morgan fingerprint density at radius 2 is 1.90 bits per heavy atom. The SMILES string of the molecule is C[C](C)CN1CCC(O)(Cc2ccc(F)cc2F)CC1. The van der Waals surface area contributed by atoms with E-state index in [1.165, 1.54) is 18.1 Å². The number of piperidine rings is 1. The minimum absolute atomic E-state index is 0.252. The van der Waals surface area contributed by atoms with Crippen LogP contribution in [-0.2, 0) is 6.42 Å². The summed E-state index contributed by atoms with van der Waals surface area (Å²) in [5.74, 6) is 0.195. The topological polar surface area (TPSA) is 23.5 Å². The zero-order valence-electron chi connectivity index (χ0n) is 12.1. The van der Waals surface area contributed by atoms with Crippen molar-refractivity contribution in [1.29, 1.82) is 0 Å². The number of nitrogens with zero attached hydrogens (tertiary/aromatic N) is 1. The molecule has 1 saturated heterocycles. The Labute approximate surface area is 119 Å². The minimum Gasteiger partial charge on any atom is -0.389 e. The van der Waals surface area contributed by atoms with Crippen molar-refractivity contribution in [3.05, 3.63) is 41.3 Å². The molecule has 1 aliphatic heterocycles.